The highest BCUT2D eigenvalue weighted by Crippen LogP contribution is 2.48. The number of rotatable bonds is 3. The SMILES string of the molecule is c1ccc2cc(-c3c4cccc(-c5cccc6oc7ccc8ccccc8c7c56)c4cc4c(-c5cccc6oc7ccc8ccccc8c7c56)cccc34)ccc2c1. The van der Waals surface area contributed by atoms with Gasteiger partial charge in [-0.15, -0.1) is 0 Å². The maximum absolute atomic E-state index is 6.61. The van der Waals surface area contributed by atoms with Gasteiger partial charge in [-0.05, 0) is 124 Å². The van der Waals surface area contributed by atoms with E-state index in [4.69, 9.17) is 8.83 Å². The van der Waals surface area contributed by atoms with Crippen LogP contribution in [-0.4, -0.2) is 0 Å². The van der Waals surface area contributed by atoms with Crippen molar-refractivity contribution in [1.29, 1.82) is 0 Å². The summed E-state index contributed by atoms with van der Waals surface area (Å²) in [5, 5.41) is 16.7. The van der Waals surface area contributed by atoms with E-state index in [1.165, 1.54) is 76.1 Å². The molecule has 0 unspecified atom stereocenters. The van der Waals surface area contributed by atoms with Gasteiger partial charge in [0.2, 0.25) is 0 Å². The number of hydrogen-bond acceptors (Lipinski definition) is 2. The van der Waals surface area contributed by atoms with Crippen molar-refractivity contribution >= 4 is 97.7 Å². The zero-order valence-corrected chi connectivity index (χ0v) is 31.3. The Morgan fingerprint density at radius 3 is 1.24 bits per heavy atom. The summed E-state index contributed by atoms with van der Waals surface area (Å²) < 4.78 is 13.2. The Labute approximate surface area is 332 Å². The maximum atomic E-state index is 6.61. The fourth-order valence-corrected chi connectivity index (χ4v) is 9.92. The Bertz CT molecular complexity index is 3650. The lowest BCUT2D eigenvalue weighted by atomic mass is 9.84. The van der Waals surface area contributed by atoms with E-state index in [2.05, 4.69) is 194 Å². The van der Waals surface area contributed by atoms with Gasteiger partial charge in [0.15, 0.2) is 0 Å². The molecule has 0 fully saturated rings. The van der Waals surface area contributed by atoms with E-state index in [0.717, 1.165) is 55.0 Å². The molecule has 0 spiro atoms. The summed E-state index contributed by atoms with van der Waals surface area (Å²) >= 11 is 0. The molecule has 0 amide bonds. The fourth-order valence-electron chi connectivity index (χ4n) is 9.92. The van der Waals surface area contributed by atoms with Crippen molar-refractivity contribution in [2.75, 3.05) is 0 Å². The zero-order chi connectivity index (χ0) is 37.9. The van der Waals surface area contributed by atoms with Crippen molar-refractivity contribution < 1.29 is 8.83 Å². The largest absolute Gasteiger partial charge is 0.456 e. The topological polar surface area (TPSA) is 26.3 Å². The minimum absolute atomic E-state index is 0.892. The highest BCUT2D eigenvalue weighted by molar-refractivity contribution is 6.28. The van der Waals surface area contributed by atoms with Gasteiger partial charge in [-0.1, -0.05) is 158 Å². The quantitative estimate of drug-likeness (QED) is 0.169. The van der Waals surface area contributed by atoms with Crippen molar-refractivity contribution in [2.24, 2.45) is 0 Å². The first kappa shape index (κ1) is 31.5. The van der Waals surface area contributed by atoms with Crippen LogP contribution in [-0.2, 0) is 0 Å². The first-order valence-corrected chi connectivity index (χ1v) is 19.9. The Morgan fingerprint density at radius 1 is 0.241 bits per heavy atom. The van der Waals surface area contributed by atoms with Gasteiger partial charge in [0.05, 0.1) is 0 Å². The van der Waals surface area contributed by atoms with Crippen LogP contribution in [0.25, 0.3) is 131 Å². The van der Waals surface area contributed by atoms with Gasteiger partial charge < -0.3 is 8.83 Å². The van der Waals surface area contributed by atoms with Gasteiger partial charge >= 0.3 is 0 Å². The molecule has 0 bridgehead atoms. The number of hydrogen-bond donors (Lipinski definition) is 0. The molecule has 58 heavy (non-hydrogen) atoms. The lowest BCUT2D eigenvalue weighted by Crippen LogP contribution is -1.91. The van der Waals surface area contributed by atoms with E-state index in [9.17, 15) is 0 Å². The van der Waals surface area contributed by atoms with Gasteiger partial charge in [0.25, 0.3) is 0 Å². The molecule has 0 saturated carbocycles. The highest BCUT2D eigenvalue weighted by atomic mass is 16.3. The first-order valence-electron chi connectivity index (χ1n) is 19.9. The Balaban J connectivity index is 1.19. The molecule has 0 aliphatic rings. The van der Waals surface area contributed by atoms with Gasteiger partial charge in [-0.2, -0.15) is 0 Å². The third-order valence-corrected chi connectivity index (χ3v) is 12.4. The van der Waals surface area contributed by atoms with Crippen molar-refractivity contribution in [2.45, 2.75) is 0 Å². The first-order chi connectivity index (χ1) is 28.8. The third-order valence-electron chi connectivity index (χ3n) is 12.4. The molecule has 0 atom stereocenters. The molecule has 0 aliphatic heterocycles. The molecule has 268 valence electrons. The number of benzene rings is 11. The van der Waals surface area contributed by atoms with Crippen LogP contribution < -0.4 is 0 Å². The molecule has 13 aromatic rings. The normalized spacial score (nSPS) is 12.1. The molecule has 2 heteroatoms. The van der Waals surface area contributed by atoms with E-state index in [-0.39, 0.29) is 0 Å². The number of fused-ring (bicyclic) bond motifs is 13. The molecule has 0 saturated heterocycles. The smallest absolute Gasteiger partial charge is 0.136 e. The van der Waals surface area contributed by atoms with Gasteiger partial charge in [0.1, 0.15) is 22.3 Å². The molecule has 2 heterocycles. The maximum Gasteiger partial charge on any atom is 0.136 e. The van der Waals surface area contributed by atoms with E-state index in [1.807, 2.05) is 0 Å². The molecule has 2 aromatic heterocycles. The highest BCUT2D eigenvalue weighted by Gasteiger charge is 2.22. The Kier molecular flexibility index (Phi) is 6.47. The van der Waals surface area contributed by atoms with Crippen LogP contribution in [0.3, 0.4) is 0 Å². The van der Waals surface area contributed by atoms with Crippen LogP contribution in [0.1, 0.15) is 0 Å². The second kappa shape index (κ2) is 11.9. The van der Waals surface area contributed by atoms with E-state index in [1.54, 1.807) is 0 Å². The average Bonchev–Trinajstić information content (AvgIpc) is 3.87. The predicted octanol–water partition coefficient (Wildman–Crippen LogP) is 16.3. The van der Waals surface area contributed by atoms with Crippen molar-refractivity contribution in [1.82, 2.24) is 0 Å². The molecule has 2 nitrogen and oxygen atoms in total. The summed E-state index contributed by atoms with van der Waals surface area (Å²) in [6.45, 7) is 0. The molecule has 11 aromatic carbocycles. The van der Waals surface area contributed by atoms with Crippen LogP contribution in [0.2, 0.25) is 0 Å². The van der Waals surface area contributed by atoms with E-state index >= 15 is 0 Å². The minimum Gasteiger partial charge on any atom is -0.456 e. The van der Waals surface area contributed by atoms with E-state index in [0.29, 0.717) is 0 Å². The summed E-state index contributed by atoms with van der Waals surface area (Å²) in [6.07, 6.45) is 0. The van der Waals surface area contributed by atoms with Gasteiger partial charge in [-0.3, -0.25) is 0 Å². The van der Waals surface area contributed by atoms with Crippen molar-refractivity contribution in [3.8, 4) is 33.4 Å². The third kappa shape index (κ3) is 4.43. The summed E-state index contributed by atoms with van der Waals surface area (Å²) in [4.78, 5) is 0. The van der Waals surface area contributed by atoms with Crippen molar-refractivity contribution in [3.63, 3.8) is 0 Å². The van der Waals surface area contributed by atoms with Crippen LogP contribution in [0, 0.1) is 0 Å². The molecule has 0 radical (unpaired) electrons. The van der Waals surface area contributed by atoms with Gasteiger partial charge in [0, 0.05) is 21.5 Å². The fraction of sp³-hybridized carbons (Fsp3) is 0. The summed E-state index contributed by atoms with van der Waals surface area (Å²) in [7, 11) is 0. The van der Waals surface area contributed by atoms with Crippen LogP contribution >= 0.6 is 0 Å². The monoisotopic (exact) mass is 736 g/mol. The standard InChI is InChI=1S/C56H32O2/c1-2-14-36-31-37(26-25-33(36)11-1)52-44-19-7-17-40(42-21-9-23-48-55(42)53-38-15-5-3-12-34(38)27-29-50(53)57-48)46(44)32-47-41(18-8-20-45(47)52)43-22-10-24-49-56(43)54-39-16-6-4-13-35(39)28-30-51(54)58-49/h1-32H. The van der Waals surface area contributed by atoms with Crippen LogP contribution in [0.15, 0.2) is 203 Å². The molecular weight excluding hydrogens is 705 g/mol. The van der Waals surface area contributed by atoms with Crippen molar-refractivity contribution in [3.05, 3.63) is 194 Å². The minimum atomic E-state index is 0.892. The zero-order valence-electron chi connectivity index (χ0n) is 31.3. The van der Waals surface area contributed by atoms with Gasteiger partial charge in [-0.25, -0.2) is 0 Å². The lowest BCUT2D eigenvalue weighted by Gasteiger charge is -2.18. The molecule has 13 rings (SSSR count). The Morgan fingerprint density at radius 2 is 0.672 bits per heavy atom. The summed E-state index contributed by atoms with van der Waals surface area (Å²) in [6, 6.07) is 70.4. The van der Waals surface area contributed by atoms with Crippen LogP contribution in [0.5, 0.6) is 0 Å². The molecule has 0 aliphatic carbocycles. The Hall–Kier alpha value is -7.68. The summed E-state index contributed by atoms with van der Waals surface area (Å²) in [5.74, 6) is 0. The van der Waals surface area contributed by atoms with E-state index < -0.39 is 0 Å². The lowest BCUT2D eigenvalue weighted by molar-refractivity contribution is 0.669. The molecule has 0 N–H and O–H groups in total. The number of furan rings is 2. The summed E-state index contributed by atoms with van der Waals surface area (Å²) in [5.41, 5.74) is 10.7. The average molecular weight is 737 g/mol. The van der Waals surface area contributed by atoms with Crippen LogP contribution in [0.4, 0.5) is 0 Å². The predicted molar refractivity (Wildman–Crippen MR) is 245 cm³/mol. The second-order valence-electron chi connectivity index (χ2n) is 15.5. The second-order valence-corrected chi connectivity index (χ2v) is 15.5. The molecular formula is C56H32O2.